The maximum atomic E-state index is 13.4. The van der Waals surface area contributed by atoms with Gasteiger partial charge in [0.25, 0.3) is 11.6 Å². The van der Waals surface area contributed by atoms with Crippen LogP contribution in [0, 0.1) is 21.4 Å². The van der Waals surface area contributed by atoms with Gasteiger partial charge < -0.3 is 14.2 Å². The van der Waals surface area contributed by atoms with Crippen LogP contribution in [-0.2, 0) is 19.4 Å². The second kappa shape index (κ2) is 10.4. The Kier molecular flexibility index (Phi) is 7.03. The zero-order valence-electron chi connectivity index (χ0n) is 21.5. The molecule has 38 heavy (non-hydrogen) atoms. The number of nitro benzene ring substituents is 1. The molecule has 196 valence electrons. The molecule has 0 radical (unpaired) electrons. The molecule has 9 heteroatoms. The number of non-ortho nitro benzene ring substituents is 1. The number of carbonyl (C=O) groups is 1. The van der Waals surface area contributed by atoms with Crippen LogP contribution in [0.2, 0.25) is 0 Å². The fourth-order valence-electron chi connectivity index (χ4n) is 4.78. The highest BCUT2D eigenvalue weighted by Crippen LogP contribution is 2.45. The minimum absolute atomic E-state index is 0.00273. The summed E-state index contributed by atoms with van der Waals surface area (Å²) in [5, 5.41) is 14.8. The molecule has 0 saturated carbocycles. The van der Waals surface area contributed by atoms with E-state index in [-0.39, 0.29) is 17.0 Å². The Morgan fingerprint density at radius 2 is 2.08 bits per heavy atom. The number of hydrogen-bond donors (Lipinski definition) is 1. The molecule has 4 aromatic rings. The Hall–Kier alpha value is -3.98. The van der Waals surface area contributed by atoms with E-state index >= 15 is 0 Å². The maximum absolute atomic E-state index is 13.4. The lowest BCUT2D eigenvalue weighted by atomic mass is 9.72. The molecule has 1 aliphatic carbocycles. The van der Waals surface area contributed by atoms with Gasteiger partial charge in [-0.1, -0.05) is 32.9 Å². The molecule has 0 saturated heterocycles. The Balaban J connectivity index is 1.43. The van der Waals surface area contributed by atoms with Crippen molar-refractivity contribution in [2.75, 3.05) is 0 Å². The lowest BCUT2D eigenvalue weighted by molar-refractivity contribution is -0.384. The van der Waals surface area contributed by atoms with Gasteiger partial charge in [0.05, 0.1) is 29.5 Å². The minimum Gasteiger partial charge on any atom is -0.467 e. The summed E-state index contributed by atoms with van der Waals surface area (Å²) < 4.78 is 11.3. The first-order valence-corrected chi connectivity index (χ1v) is 13.3. The van der Waals surface area contributed by atoms with Crippen LogP contribution in [0.15, 0.2) is 68.6 Å². The topological polar surface area (TPSA) is 111 Å². The smallest absolute Gasteiger partial charge is 0.270 e. The van der Waals surface area contributed by atoms with Crippen molar-refractivity contribution in [3.05, 3.63) is 92.4 Å². The number of aliphatic imine (C=N–C) groups is 1. The number of nitro groups is 1. The van der Waals surface area contributed by atoms with Crippen molar-refractivity contribution in [2.24, 2.45) is 16.3 Å². The summed E-state index contributed by atoms with van der Waals surface area (Å²) >= 11 is 1.56. The van der Waals surface area contributed by atoms with Crippen LogP contribution in [0.3, 0.4) is 0 Å². The Labute approximate surface area is 224 Å². The zero-order chi connectivity index (χ0) is 26.9. The van der Waals surface area contributed by atoms with E-state index in [1.165, 1.54) is 17.0 Å². The predicted octanol–water partition coefficient (Wildman–Crippen LogP) is 7.34. The normalized spacial score (nSPS) is 15.5. The predicted molar refractivity (Wildman–Crippen MR) is 147 cm³/mol. The third kappa shape index (κ3) is 5.47. The highest BCUT2D eigenvalue weighted by molar-refractivity contribution is 7.16. The molecule has 0 spiro atoms. The lowest BCUT2D eigenvalue weighted by Gasteiger charge is -2.33. The number of benzene rings is 1. The van der Waals surface area contributed by atoms with Crippen LogP contribution in [0.5, 0.6) is 0 Å². The average Bonchev–Trinajstić information content (AvgIpc) is 3.65. The van der Waals surface area contributed by atoms with Gasteiger partial charge in [-0.2, -0.15) is 0 Å². The van der Waals surface area contributed by atoms with E-state index in [9.17, 15) is 14.9 Å². The van der Waals surface area contributed by atoms with Gasteiger partial charge in [0.1, 0.15) is 22.3 Å². The summed E-state index contributed by atoms with van der Waals surface area (Å²) in [6, 6.07) is 13.4. The largest absolute Gasteiger partial charge is 0.467 e. The van der Waals surface area contributed by atoms with Gasteiger partial charge >= 0.3 is 0 Å². The molecular weight excluding hydrogens is 502 g/mol. The summed E-state index contributed by atoms with van der Waals surface area (Å²) in [5.41, 5.74) is 2.49. The highest BCUT2D eigenvalue weighted by atomic mass is 32.1. The second-order valence-corrected chi connectivity index (χ2v) is 11.6. The summed E-state index contributed by atoms with van der Waals surface area (Å²) in [6.07, 6.45) is 5.98. The van der Waals surface area contributed by atoms with Gasteiger partial charge in [0, 0.05) is 22.6 Å². The van der Waals surface area contributed by atoms with E-state index < -0.39 is 4.92 Å². The first-order chi connectivity index (χ1) is 18.2. The number of furan rings is 2. The van der Waals surface area contributed by atoms with E-state index in [1.807, 2.05) is 6.07 Å². The first kappa shape index (κ1) is 25.7. The SMILES string of the molecule is CC(C)(C)[C@H]1CCc2c(sc(N=Cc3ccc(-c4cccc([N+](=O)[O-])c4)o3)c2C(=O)NCc2ccco2)C1. The van der Waals surface area contributed by atoms with Gasteiger partial charge in [0.15, 0.2) is 0 Å². The first-order valence-electron chi connectivity index (χ1n) is 12.5. The van der Waals surface area contributed by atoms with Crippen molar-refractivity contribution in [2.45, 2.75) is 46.6 Å². The number of fused-ring (bicyclic) bond motifs is 1. The summed E-state index contributed by atoms with van der Waals surface area (Å²) in [4.78, 5) is 30.0. The molecule has 5 rings (SSSR count). The minimum atomic E-state index is -0.434. The fourth-order valence-corrected chi connectivity index (χ4v) is 6.05. The Morgan fingerprint density at radius 1 is 1.24 bits per heavy atom. The van der Waals surface area contributed by atoms with Crippen molar-refractivity contribution in [1.82, 2.24) is 5.32 Å². The van der Waals surface area contributed by atoms with Crippen LogP contribution in [0.25, 0.3) is 11.3 Å². The molecule has 3 heterocycles. The zero-order valence-corrected chi connectivity index (χ0v) is 22.3. The van der Waals surface area contributed by atoms with Crippen molar-refractivity contribution < 1.29 is 18.6 Å². The molecule has 0 fully saturated rings. The van der Waals surface area contributed by atoms with E-state index in [4.69, 9.17) is 13.8 Å². The van der Waals surface area contributed by atoms with E-state index in [2.05, 4.69) is 26.1 Å². The molecular formula is C29H29N3O5S. The molecule has 0 unspecified atom stereocenters. The third-order valence-corrected chi connectivity index (χ3v) is 8.14. The number of rotatable bonds is 7. The number of carbonyl (C=O) groups excluding carboxylic acids is 1. The molecule has 1 amide bonds. The highest BCUT2D eigenvalue weighted by Gasteiger charge is 2.33. The number of nitrogens with one attached hydrogen (secondary N) is 1. The molecule has 1 aliphatic rings. The quantitative estimate of drug-likeness (QED) is 0.152. The van der Waals surface area contributed by atoms with Crippen LogP contribution < -0.4 is 5.32 Å². The maximum Gasteiger partial charge on any atom is 0.270 e. The van der Waals surface area contributed by atoms with E-state index in [0.29, 0.717) is 45.9 Å². The van der Waals surface area contributed by atoms with Gasteiger partial charge in [-0.05, 0) is 60.4 Å². The van der Waals surface area contributed by atoms with Gasteiger partial charge in [-0.3, -0.25) is 14.9 Å². The molecule has 1 aromatic carbocycles. The fraction of sp³-hybridized carbons (Fsp3) is 0.310. The summed E-state index contributed by atoms with van der Waals surface area (Å²) in [7, 11) is 0. The van der Waals surface area contributed by atoms with Gasteiger partial charge in [0.2, 0.25) is 0 Å². The van der Waals surface area contributed by atoms with E-state index in [0.717, 1.165) is 24.8 Å². The summed E-state index contributed by atoms with van der Waals surface area (Å²) in [6.45, 7) is 7.10. The van der Waals surface area contributed by atoms with Gasteiger partial charge in [-0.25, -0.2) is 4.99 Å². The monoisotopic (exact) mass is 531 g/mol. The average molecular weight is 532 g/mol. The van der Waals surface area contributed by atoms with Crippen LogP contribution in [-0.4, -0.2) is 17.0 Å². The second-order valence-electron chi connectivity index (χ2n) is 10.5. The van der Waals surface area contributed by atoms with Crippen LogP contribution >= 0.6 is 11.3 Å². The number of hydrogen-bond acceptors (Lipinski definition) is 7. The van der Waals surface area contributed by atoms with Crippen molar-refractivity contribution in [3.63, 3.8) is 0 Å². The van der Waals surface area contributed by atoms with Gasteiger partial charge in [-0.15, -0.1) is 11.3 Å². The number of thiophene rings is 1. The summed E-state index contributed by atoms with van der Waals surface area (Å²) in [5.74, 6) is 2.05. The molecule has 1 N–H and O–H groups in total. The standard InChI is InChI=1S/C29H29N3O5S/c1-29(2,3)19-9-11-23-25(15-19)38-28(26(23)27(33)30-16-21-8-5-13-36-21)31-17-22-10-12-24(37-22)18-6-4-7-20(14-18)32(34)35/h4-8,10,12-14,17,19H,9,11,15-16H2,1-3H3,(H,30,33)/t19-/m0/s1. The number of nitrogens with zero attached hydrogens (tertiary/aromatic N) is 2. The molecule has 0 aliphatic heterocycles. The van der Waals surface area contributed by atoms with Crippen LogP contribution in [0.4, 0.5) is 10.7 Å². The molecule has 1 atom stereocenters. The van der Waals surface area contributed by atoms with Crippen molar-refractivity contribution in [3.8, 4) is 11.3 Å². The molecule has 3 aromatic heterocycles. The van der Waals surface area contributed by atoms with Crippen molar-refractivity contribution in [1.29, 1.82) is 0 Å². The molecule has 0 bridgehead atoms. The van der Waals surface area contributed by atoms with Crippen LogP contribution in [0.1, 0.15) is 59.5 Å². The van der Waals surface area contributed by atoms with E-state index in [1.54, 1.807) is 54.1 Å². The lowest BCUT2D eigenvalue weighted by Crippen LogP contribution is -2.28. The number of amides is 1. The Bertz CT molecular complexity index is 1490. The Morgan fingerprint density at radius 3 is 2.82 bits per heavy atom. The van der Waals surface area contributed by atoms with Crippen molar-refractivity contribution >= 4 is 34.1 Å². The third-order valence-electron chi connectivity index (χ3n) is 6.98. The molecule has 8 nitrogen and oxygen atoms in total.